The van der Waals surface area contributed by atoms with E-state index < -0.39 is 12.2 Å². The van der Waals surface area contributed by atoms with Crippen molar-refractivity contribution in [2.45, 2.75) is 164 Å². The van der Waals surface area contributed by atoms with E-state index in [0.29, 0.717) is 17.9 Å². The summed E-state index contributed by atoms with van der Waals surface area (Å²) in [6.07, 6.45) is -0.555. The molecular weight excluding hydrogens is 941 g/mol. The first-order valence-electron chi connectivity index (χ1n) is 28.1. The van der Waals surface area contributed by atoms with Crippen LogP contribution in [0.1, 0.15) is 195 Å². The van der Waals surface area contributed by atoms with Gasteiger partial charge in [-0.25, -0.2) is 0 Å². The summed E-state index contributed by atoms with van der Waals surface area (Å²) in [5.41, 5.74) is 17.8. The van der Waals surface area contributed by atoms with Gasteiger partial charge in [-0.2, -0.15) is 0 Å². The van der Waals surface area contributed by atoms with Gasteiger partial charge < -0.3 is 19.7 Å². The SMILES string of the molecule is Cc1ccc(O[C@@H](C[C@@H](Oc2ccc(C)cc2-c2cc(C(C)(C)C)cc(-c3c(C(C)C)cccc3C(C)C)c2O)c2ccccc2)c2ccccc2)c(-c2cc(C(C)(C)C)cc(-c3c(C(C)C)cccc3C(C)C)c2O)c1. The number of hydrogen-bond donors (Lipinski definition) is 2. The molecule has 0 saturated heterocycles. The molecule has 0 amide bonds. The van der Waals surface area contributed by atoms with Gasteiger partial charge in [-0.05, 0) is 153 Å². The van der Waals surface area contributed by atoms with Crippen LogP contribution in [0.3, 0.4) is 0 Å². The zero-order valence-electron chi connectivity index (χ0n) is 48.9. The lowest BCUT2D eigenvalue weighted by atomic mass is 9.79. The molecule has 8 rings (SSSR count). The number of benzene rings is 8. The number of ether oxygens (including phenoxy) is 2. The number of phenols is 2. The van der Waals surface area contributed by atoms with Gasteiger partial charge in [-0.3, -0.25) is 0 Å². The first-order chi connectivity index (χ1) is 36.4. The Kier molecular flexibility index (Phi) is 16.7. The third-order valence-corrected chi connectivity index (χ3v) is 15.4. The van der Waals surface area contributed by atoms with E-state index in [4.69, 9.17) is 9.47 Å². The van der Waals surface area contributed by atoms with E-state index in [1.54, 1.807) is 0 Å². The maximum absolute atomic E-state index is 12.9. The van der Waals surface area contributed by atoms with Crippen LogP contribution in [0.15, 0.2) is 158 Å². The molecule has 0 aliphatic rings. The van der Waals surface area contributed by atoms with E-state index in [9.17, 15) is 10.2 Å². The summed E-state index contributed by atoms with van der Waals surface area (Å²) in [4.78, 5) is 0. The van der Waals surface area contributed by atoms with Gasteiger partial charge in [0.25, 0.3) is 0 Å². The average Bonchev–Trinajstić information content (AvgIpc) is 3.44. The predicted molar refractivity (Wildman–Crippen MR) is 325 cm³/mol. The Morgan fingerprint density at radius 3 is 0.974 bits per heavy atom. The van der Waals surface area contributed by atoms with Crippen LogP contribution in [0.5, 0.6) is 23.0 Å². The smallest absolute Gasteiger partial charge is 0.131 e. The summed E-state index contributed by atoms with van der Waals surface area (Å²) < 4.78 is 15.0. The minimum Gasteiger partial charge on any atom is -0.507 e. The van der Waals surface area contributed by atoms with Crippen LogP contribution in [0, 0.1) is 13.8 Å². The Hall–Kier alpha value is -7.04. The van der Waals surface area contributed by atoms with Gasteiger partial charge in [0.05, 0.1) is 0 Å². The van der Waals surface area contributed by atoms with Crippen LogP contribution in [0.4, 0.5) is 0 Å². The number of hydrogen-bond acceptors (Lipinski definition) is 4. The molecule has 0 heterocycles. The van der Waals surface area contributed by atoms with Crippen LogP contribution in [0.2, 0.25) is 0 Å². The quantitative estimate of drug-likeness (QED) is 0.101. The Morgan fingerprint density at radius 1 is 0.364 bits per heavy atom. The zero-order valence-corrected chi connectivity index (χ0v) is 48.9. The lowest BCUT2D eigenvalue weighted by Crippen LogP contribution is -2.17. The van der Waals surface area contributed by atoms with Crippen LogP contribution >= 0.6 is 0 Å². The molecule has 2 atom stereocenters. The largest absolute Gasteiger partial charge is 0.507 e. The minimum absolute atomic E-state index is 0.226. The van der Waals surface area contributed by atoms with Crippen molar-refractivity contribution in [3.8, 4) is 67.5 Å². The molecule has 0 aliphatic carbocycles. The fourth-order valence-electron chi connectivity index (χ4n) is 10.9. The lowest BCUT2D eigenvalue weighted by molar-refractivity contribution is 0.111. The minimum atomic E-state index is -0.496. The van der Waals surface area contributed by atoms with E-state index in [-0.39, 0.29) is 46.0 Å². The lowest BCUT2D eigenvalue weighted by Gasteiger charge is -2.29. The highest BCUT2D eigenvalue weighted by Crippen LogP contribution is 2.52. The van der Waals surface area contributed by atoms with Gasteiger partial charge in [0, 0.05) is 39.8 Å². The third kappa shape index (κ3) is 12.2. The summed E-state index contributed by atoms with van der Waals surface area (Å²) in [6.45, 7) is 35.5. The van der Waals surface area contributed by atoms with Crippen molar-refractivity contribution in [1.29, 1.82) is 0 Å². The van der Waals surface area contributed by atoms with E-state index in [2.05, 4.69) is 256 Å². The number of aromatic hydroxyl groups is 2. The van der Waals surface area contributed by atoms with E-state index in [0.717, 1.165) is 77.9 Å². The highest BCUT2D eigenvalue weighted by atomic mass is 16.5. The van der Waals surface area contributed by atoms with E-state index in [1.807, 2.05) is 12.1 Å². The molecule has 400 valence electrons. The molecule has 0 unspecified atom stereocenters. The van der Waals surface area contributed by atoms with Gasteiger partial charge in [-0.1, -0.05) is 217 Å². The van der Waals surface area contributed by atoms with Gasteiger partial charge in [0.1, 0.15) is 35.2 Å². The Morgan fingerprint density at radius 2 is 0.675 bits per heavy atom. The molecular formula is C73H84O4. The third-order valence-electron chi connectivity index (χ3n) is 15.4. The van der Waals surface area contributed by atoms with Crippen molar-refractivity contribution in [1.82, 2.24) is 0 Å². The summed E-state index contributed by atoms with van der Waals surface area (Å²) in [5.74, 6) is 2.79. The molecule has 2 N–H and O–H groups in total. The number of rotatable bonds is 16. The summed E-state index contributed by atoms with van der Waals surface area (Å²) in [5, 5.41) is 25.8. The topological polar surface area (TPSA) is 58.9 Å². The molecule has 0 aromatic heterocycles. The molecule has 4 nitrogen and oxygen atoms in total. The van der Waals surface area contributed by atoms with Crippen molar-refractivity contribution in [2.75, 3.05) is 0 Å². The van der Waals surface area contributed by atoms with Crippen LogP contribution in [-0.4, -0.2) is 10.2 Å². The van der Waals surface area contributed by atoms with Crippen molar-refractivity contribution in [3.05, 3.63) is 213 Å². The van der Waals surface area contributed by atoms with Crippen molar-refractivity contribution < 1.29 is 19.7 Å². The van der Waals surface area contributed by atoms with Crippen molar-refractivity contribution >= 4 is 0 Å². The second kappa shape index (κ2) is 22.9. The monoisotopic (exact) mass is 1020 g/mol. The summed E-state index contributed by atoms with van der Waals surface area (Å²) in [7, 11) is 0. The fourth-order valence-corrected chi connectivity index (χ4v) is 10.9. The summed E-state index contributed by atoms with van der Waals surface area (Å²) in [6, 6.07) is 55.4. The second-order valence-corrected chi connectivity index (χ2v) is 24.9. The van der Waals surface area contributed by atoms with Gasteiger partial charge >= 0.3 is 0 Å². The maximum Gasteiger partial charge on any atom is 0.131 e. The normalized spacial score (nSPS) is 12.9. The average molecular weight is 1030 g/mol. The van der Waals surface area contributed by atoms with Crippen molar-refractivity contribution in [2.24, 2.45) is 0 Å². The van der Waals surface area contributed by atoms with Crippen LogP contribution in [0.25, 0.3) is 44.5 Å². The molecule has 0 aliphatic heterocycles. The Bertz CT molecular complexity index is 3070. The zero-order chi connectivity index (χ0) is 55.7. The molecule has 0 spiro atoms. The summed E-state index contributed by atoms with van der Waals surface area (Å²) >= 11 is 0. The molecule has 0 radical (unpaired) electrons. The van der Waals surface area contributed by atoms with Gasteiger partial charge in [0.15, 0.2) is 0 Å². The van der Waals surface area contributed by atoms with Gasteiger partial charge in [0.2, 0.25) is 0 Å². The van der Waals surface area contributed by atoms with Gasteiger partial charge in [-0.15, -0.1) is 0 Å². The standard InChI is InChI=1S/C73H84O4/c1-44(2)54-29-23-30-55(45(3)4)68(54)62-41-52(72(11,12)13)39-60(70(62)74)58-37-48(9)33-35-64(58)76-66(50-25-19-17-20-26-50)43-67(51-27-21-18-22-28-51)77-65-36-34-49(10)38-59(65)61-40-53(73(14,15)16)42-63(71(61)75)69-56(46(5)6)31-24-32-57(69)47(7)8/h17-42,44-47,66-67,74-75H,43H2,1-16H3/t66-,67+. The van der Waals surface area contributed by atoms with Crippen LogP contribution in [-0.2, 0) is 10.8 Å². The van der Waals surface area contributed by atoms with Crippen LogP contribution < -0.4 is 9.47 Å². The van der Waals surface area contributed by atoms with E-state index in [1.165, 1.54) is 22.3 Å². The molecule has 8 aromatic rings. The molecule has 4 heteroatoms. The second-order valence-electron chi connectivity index (χ2n) is 24.9. The highest BCUT2D eigenvalue weighted by Gasteiger charge is 2.31. The molecule has 0 fully saturated rings. The van der Waals surface area contributed by atoms with E-state index >= 15 is 0 Å². The molecule has 8 aromatic carbocycles. The first kappa shape index (κ1) is 56.2. The highest BCUT2D eigenvalue weighted by molar-refractivity contribution is 5.90. The molecule has 0 bridgehead atoms. The molecule has 77 heavy (non-hydrogen) atoms. The Labute approximate surface area is 462 Å². The number of phenolic OH excluding ortho intramolecular Hbond substituents is 2. The maximum atomic E-state index is 12.9. The molecule has 0 saturated carbocycles. The predicted octanol–water partition coefficient (Wildman–Crippen LogP) is 20.8. The number of aryl methyl sites for hydroxylation is 2. The fraction of sp³-hybridized carbons (Fsp3) is 0.342. The Balaban J connectivity index is 1.29. The van der Waals surface area contributed by atoms with Crippen molar-refractivity contribution in [3.63, 3.8) is 0 Å². The first-order valence-corrected chi connectivity index (χ1v) is 28.1.